The zero-order valence-corrected chi connectivity index (χ0v) is 19.3. The normalized spacial score (nSPS) is 15.4. The van der Waals surface area contributed by atoms with E-state index in [-0.39, 0.29) is 0 Å². The van der Waals surface area contributed by atoms with Gasteiger partial charge in [0, 0.05) is 61.9 Å². The summed E-state index contributed by atoms with van der Waals surface area (Å²) in [6, 6.07) is 12.1. The van der Waals surface area contributed by atoms with Gasteiger partial charge in [0.2, 0.25) is 0 Å². The van der Waals surface area contributed by atoms with Crippen molar-refractivity contribution in [2.45, 2.75) is 6.42 Å². The van der Waals surface area contributed by atoms with Gasteiger partial charge in [-0.2, -0.15) is 0 Å². The van der Waals surface area contributed by atoms with Gasteiger partial charge in [-0.1, -0.05) is 18.7 Å². The molecule has 8 heteroatoms. The van der Waals surface area contributed by atoms with Gasteiger partial charge in [-0.05, 0) is 55.2 Å². The van der Waals surface area contributed by atoms with E-state index >= 15 is 0 Å². The van der Waals surface area contributed by atoms with Gasteiger partial charge in [0.05, 0.1) is 5.70 Å². The lowest BCUT2D eigenvalue weighted by molar-refractivity contribution is 0.360. The maximum atomic E-state index is 6.16. The monoisotopic (exact) mass is 444 g/mol. The van der Waals surface area contributed by atoms with E-state index in [4.69, 9.17) is 11.6 Å². The van der Waals surface area contributed by atoms with Gasteiger partial charge in [0.1, 0.15) is 11.6 Å². The molecule has 0 spiro atoms. The molecule has 3 heterocycles. The maximum absolute atomic E-state index is 6.16. The number of nitrogens with zero attached hydrogens (tertiary/aromatic N) is 5. The van der Waals surface area contributed by atoms with Gasteiger partial charge in [-0.3, -0.25) is 0 Å². The minimum absolute atomic E-state index is 0.599. The smallest absolute Gasteiger partial charge is 0.130 e. The van der Waals surface area contributed by atoms with E-state index in [1.807, 2.05) is 42.7 Å². The summed E-state index contributed by atoms with van der Waals surface area (Å²) in [6.07, 6.45) is 6.50. The SMILES string of the molecule is C=C(Nc1cc2cc(/C(N)=C/N(C)N)ccc2cn1)c1ccnc(N2CCCN(C)CC2)c1. The molecule has 1 aliphatic rings. The number of aromatic nitrogens is 2. The van der Waals surface area contributed by atoms with Crippen LogP contribution in [0.5, 0.6) is 0 Å². The van der Waals surface area contributed by atoms with Crippen LogP contribution in [0, 0.1) is 0 Å². The van der Waals surface area contributed by atoms with Crippen molar-refractivity contribution in [3.8, 4) is 0 Å². The predicted octanol–water partition coefficient (Wildman–Crippen LogP) is 2.92. The number of benzene rings is 1. The number of pyridine rings is 2. The first-order valence-corrected chi connectivity index (χ1v) is 11.1. The number of rotatable bonds is 6. The second kappa shape index (κ2) is 9.89. The molecule has 1 fully saturated rings. The predicted molar refractivity (Wildman–Crippen MR) is 137 cm³/mol. The molecule has 3 aromatic rings. The molecule has 5 N–H and O–H groups in total. The minimum Gasteiger partial charge on any atom is -0.397 e. The van der Waals surface area contributed by atoms with Crippen molar-refractivity contribution in [2.24, 2.45) is 11.6 Å². The van der Waals surface area contributed by atoms with Crippen molar-refractivity contribution in [1.29, 1.82) is 0 Å². The van der Waals surface area contributed by atoms with Crippen LogP contribution in [-0.2, 0) is 0 Å². The molecule has 0 saturated carbocycles. The summed E-state index contributed by atoms with van der Waals surface area (Å²) in [5, 5.41) is 6.84. The highest BCUT2D eigenvalue weighted by atomic mass is 15.4. The number of hydrogen-bond donors (Lipinski definition) is 3. The molecule has 0 bridgehead atoms. The zero-order valence-electron chi connectivity index (χ0n) is 19.3. The summed E-state index contributed by atoms with van der Waals surface area (Å²) < 4.78 is 0. The van der Waals surface area contributed by atoms with E-state index in [2.05, 4.69) is 44.8 Å². The fourth-order valence-electron chi connectivity index (χ4n) is 3.96. The fourth-order valence-corrected chi connectivity index (χ4v) is 3.96. The Labute approximate surface area is 195 Å². The first kappa shape index (κ1) is 22.6. The number of hydrogen-bond acceptors (Lipinski definition) is 8. The van der Waals surface area contributed by atoms with Crippen LogP contribution in [0.4, 0.5) is 11.6 Å². The molecular formula is C25H32N8. The molecule has 0 aliphatic carbocycles. The van der Waals surface area contributed by atoms with E-state index < -0.39 is 0 Å². The maximum Gasteiger partial charge on any atom is 0.130 e. The molecule has 0 unspecified atom stereocenters. The fraction of sp³-hybridized carbons (Fsp3) is 0.280. The molecule has 8 nitrogen and oxygen atoms in total. The molecule has 172 valence electrons. The van der Waals surface area contributed by atoms with Crippen molar-refractivity contribution in [1.82, 2.24) is 19.9 Å². The van der Waals surface area contributed by atoms with Crippen LogP contribution in [0.1, 0.15) is 17.5 Å². The summed E-state index contributed by atoms with van der Waals surface area (Å²) in [7, 11) is 3.90. The lowest BCUT2D eigenvalue weighted by Gasteiger charge is -2.22. The van der Waals surface area contributed by atoms with Crippen LogP contribution in [0.3, 0.4) is 0 Å². The third kappa shape index (κ3) is 5.60. The van der Waals surface area contributed by atoms with Crippen molar-refractivity contribution >= 4 is 33.8 Å². The van der Waals surface area contributed by atoms with Crippen molar-refractivity contribution in [3.05, 3.63) is 72.7 Å². The number of anilines is 2. The summed E-state index contributed by atoms with van der Waals surface area (Å²) >= 11 is 0. The number of nitrogens with two attached hydrogens (primary N) is 2. The standard InChI is InChI=1S/C25H32N8/c1-18(19-7-8-28-25(15-19)33-10-4-9-31(2)11-12-33)30-24-14-22-13-20(23(26)17-32(3)27)5-6-21(22)16-29-24/h5-8,13-17H,1,4,9-12,26-27H2,2-3H3,(H,29,30)/b23-17-. The minimum atomic E-state index is 0.599. The average molecular weight is 445 g/mol. The Bertz CT molecular complexity index is 1170. The number of likely N-dealkylation sites (N-methyl/N-ethyl adjacent to an activating group) is 1. The van der Waals surface area contributed by atoms with Crippen LogP contribution in [0.15, 0.2) is 61.6 Å². The van der Waals surface area contributed by atoms with E-state index in [0.717, 1.165) is 71.8 Å². The van der Waals surface area contributed by atoms with E-state index in [1.165, 1.54) is 5.01 Å². The second-order valence-corrected chi connectivity index (χ2v) is 8.53. The highest BCUT2D eigenvalue weighted by molar-refractivity contribution is 5.88. The Kier molecular flexibility index (Phi) is 6.76. The summed E-state index contributed by atoms with van der Waals surface area (Å²) in [4.78, 5) is 13.9. The molecule has 2 aromatic heterocycles. The third-order valence-corrected chi connectivity index (χ3v) is 5.81. The van der Waals surface area contributed by atoms with Crippen LogP contribution < -0.4 is 21.8 Å². The quantitative estimate of drug-likeness (QED) is 0.394. The Morgan fingerprint density at radius 1 is 1.06 bits per heavy atom. The van der Waals surface area contributed by atoms with E-state index in [0.29, 0.717) is 5.70 Å². The topological polar surface area (TPSA) is 99.6 Å². The van der Waals surface area contributed by atoms with Crippen LogP contribution in [0.25, 0.3) is 22.2 Å². The first-order chi connectivity index (χ1) is 15.9. The number of hydrazine groups is 1. The summed E-state index contributed by atoms with van der Waals surface area (Å²) in [6.45, 7) is 8.37. The second-order valence-electron chi connectivity index (χ2n) is 8.53. The van der Waals surface area contributed by atoms with E-state index in [9.17, 15) is 0 Å². The van der Waals surface area contributed by atoms with Gasteiger partial charge >= 0.3 is 0 Å². The Morgan fingerprint density at radius 2 is 1.91 bits per heavy atom. The van der Waals surface area contributed by atoms with Crippen LogP contribution in [0.2, 0.25) is 0 Å². The molecule has 0 amide bonds. The van der Waals surface area contributed by atoms with Gasteiger partial charge in [0.25, 0.3) is 0 Å². The average Bonchev–Trinajstić information content (AvgIpc) is 3.02. The summed E-state index contributed by atoms with van der Waals surface area (Å²) in [5.41, 5.74) is 9.42. The van der Waals surface area contributed by atoms with Gasteiger partial charge in [0.15, 0.2) is 0 Å². The van der Waals surface area contributed by atoms with E-state index in [1.54, 1.807) is 13.2 Å². The molecule has 1 aromatic carbocycles. The largest absolute Gasteiger partial charge is 0.397 e. The lowest BCUT2D eigenvalue weighted by atomic mass is 10.1. The molecule has 4 rings (SSSR count). The highest BCUT2D eigenvalue weighted by Crippen LogP contribution is 2.24. The third-order valence-electron chi connectivity index (χ3n) is 5.81. The number of nitrogens with one attached hydrogen (secondary N) is 1. The van der Waals surface area contributed by atoms with Crippen molar-refractivity contribution in [3.63, 3.8) is 0 Å². The molecule has 1 aliphatic heterocycles. The van der Waals surface area contributed by atoms with Gasteiger partial charge < -0.3 is 25.9 Å². The molecular weight excluding hydrogens is 412 g/mol. The van der Waals surface area contributed by atoms with Gasteiger partial charge in [-0.25, -0.2) is 15.8 Å². The highest BCUT2D eigenvalue weighted by Gasteiger charge is 2.14. The summed E-state index contributed by atoms with van der Waals surface area (Å²) in [5.74, 6) is 7.39. The lowest BCUT2D eigenvalue weighted by Crippen LogP contribution is -2.29. The molecule has 1 saturated heterocycles. The van der Waals surface area contributed by atoms with Crippen LogP contribution in [-0.4, -0.2) is 60.2 Å². The van der Waals surface area contributed by atoms with Crippen molar-refractivity contribution < 1.29 is 0 Å². The number of fused-ring (bicyclic) bond motifs is 1. The Balaban J connectivity index is 1.52. The first-order valence-electron chi connectivity index (χ1n) is 11.1. The van der Waals surface area contributed by atoms with Crippen LogP contribution >= 0.6 is 0 Å². The zero-order chi connectivity index (χ0) is 23.4. The Hall–Kier alpha value is -3.62. The molecule has 0 atom stereocenters. The molecule has 0 radical (unpaired) electrons. The van der Waals surface area contributed by atoms with Gasteiger partial charge in [-0.15, -0.1) is 0 Å². The molecule has 33 heavy (non-hydrogen) atoms. The van der Waals surface area contributed by atoms with Crippen molar-refractivity contribution in [2.75, 3.05) is 50.5 Å². The Morgan fingerprint density at radius 3 is 2.73 bits per heavy atom.